The van der Waals surface area contributed by atoms with Gasteiger partial charge in [0, 0.05) is 38.6 Å². The standard InChI is InChI=1S/C42H30N2/c1-27-12-6-9-17-36(27)44(37-18-10-7-13-28(37)2)39-25-22-29-20-24-34-41-30(21-23-33(39)40(29)41)26-35-32-16-8-11-19-38(32)43(42(34)35)31-14-4-3-5-15-31/h3-26H,1-2H3. The molecule has 0 saturated heterocycles. The summed E-state index contributed by atoms with van der Waals surface area (Å²) in [5.41, 5.74) is 9.76. The molecule has 44 heavy (non-hydrogen) atoms. The monoisotopic (exact) mass is 562 g/mol. The summed E-state index contributed by atoms with van der Waals surface area (Å²) in [5, 5.41) is 10.3. The average Bonchev–Trinajstić information content (AvgIpc) is 3.40. The van der Waals surface area contributed by atoms with Gasteiger partial charge in [-0.25, -0.2) is 0 Å². The summed E-state index contributed by atoms with van der Waals surface area (Å²) < 4.78 is 2.45. The lowest BCUT2D eigenvalue weighted by molar-refractivity contribution is 1.19. The van der Waals surface area contributed by atoms with Gasteiger partial charge in [0.2, 0.25) is 0 Å². The zero-order chi connectivity index (χ0) is 29.4. The quantitative estimate of drug-likeness (QED) is 0.194. The molecule has 0 unspecified atom stereocenters. The second kappa shape index (κ2) is 9.45. The van der Waals surface area contributed by atoms with E-state index in [1.807, 2.05) is 0 Å². The van der Waals surface area contributed by atoms with Crippen molar-refractivity contribution in [1.29, 1.82) is 0 Å². The van der Waals surface area contributed by atoms with Crippen LogP contribution in [0.3, 0.4) is 0 Å². The van der Waals surface area contributed by atoms with E-state index < -0.39 is 0 Å². The van der Waals surface area contributed by atoms with Gasteiger partial charge in [0.1, 0.15) is 0 Å². The molecule has 0 fully saturated rings. The minimum absolute atomic E-state index is 1.18. The van der Waals surface area contributed by atoms with Crippen molar-refractivity contribution in [3.05, 3.63) is 157 Å². The third kappa shape index (κ3) is 3.49. The first kappa shape index (κ1) is 24.9. The molecule has 0 aliphatic carbocycles. The summed E-state index contributed by atoms with van der Waals surface area (Å²) in [4.78, 5) is 2.45. The highest BCUT2D eigenvalue weighted by Crippen LogP contribution is 2.47. The van der Waals surface area contributed by atoms with Gasteiger partial charge < -0.3 is 9.47 Å². The molecule has 9 rings (SSSR count). The van der Waals surface area contributed by atoms with Crippen LogP contribution in [-0.4, -0.2) is 4.57 Å². The Morgan fingerprint density at radius 1 is 0.432 bits per heavy atom. The summed E-state index contributed by atoms with van der Waals surface area (Å²) >= 11 is 0. The van der Waals surface area contributed by atoms with Crippen LogP contribution < -0.4 is 4.90 Å². The van der Waals surface area contributed by atoms with E-state index in [9.17, 15) is 0 Å². The fourth-order valence-corrected chi connectivity index (χ4v) is 7.37. The van der Waals surface area contributed by atoms with Crippen LogP contribution in [0.5, 0.6) is 0 Å². The van der Waals surface area contributed by atoms with E-state index in [0.29, 0.717) is 0 Å². The SMILES string of the molecule is Cc1ccccc1N(c1ccccc1C)c1ccc2ccc3c4c(ccc1c24)cc1c2ccccc2n(-c2ccccc2)c13. The van der Waals surface area contributed by atoms with E-state index in [1.165, 1.54) is 88.0 Å². The lowest BCUT2D eigenvalue weighted by atomic mass is 9.91. The Labute approximate surface area is 256 Å². The van der Waals surface area contributed by atoms with Gasteiger partial charge in [0.25, 0.3) is 0 Å². The molecule has 1 heterocycles. The first-order valence-electron chi connectivity index (χ1n) is 15.3. The van der Waals surface area contributed by atoms with E-state index in [-0.39, 0.29) is 0 Å². The minimum atomic E-state index is 1.18. The number of nitrogens with zero attached hydrogens (tertiary/aromatic N) is 2. The molecule has 9 aromatic rings. The van der Waals surface area contributed by atoms with E-state index in [0.717, 1.165) is 0 Å². The maximum absolute atomic E-state index is 2.45. The third-order valence-electron chi connectivity index (χ3n) is 9.36. The van der Waals surface area contributed by atoms with Crippen molar-refractivity contribution < 1.29 is 0 Å². The van der Waals surface area contributed by atoms with Crippen molar-refractivity contribution in [1.82, 2.24) is 4.57 Å². The maximum Gasteiger partial charge on any atom is 0.0620 e. The number of anilines is 3. The van der Waals surface area contributed by atoms with Crippen LogP contribution in [0.4, 0.5) is 17.1 Å². The van der Waals surface area contributed by atoms with Crippen LogP contribution in [-0.2, 0) is 0 Å². The second-order valence-corrected chi connectivity index (χ2v) is 11.9. The Kier molecular flexibility index (Phi) is 5.36. The molecule has 2 nitrogen and oxygen atoms in total. The van der Waals surface area contributed by atoms with E-state index in [1.54, 1.807) is 0 Å². The fourth-order valence-electron chi connectivity index (χ4n) is 7.37. The largest absolute Gasteiger partial charge is 0.309 e. The number of hydrogen-bond donors (Lipinski definition) is 0. The van der Waals surface area contributed by atoms with Gasteiger partial charge in [-0.3, -0.25) is 0 Å². The van der Waals surface area contributed by atoms with Crippen LogP contribution in [0.25, 0.3) is 59.8 Å². The molecule has 0 radical (unpaired) electrons. The smallest absolute Gasteiger partial charge is 0.0620 e. The Hall–Kier alpha value is -5.60. The number of aryl methyl sites for hydroxylation is 2. The van der Waals surface area contributed by atoms with Crippen molar-refractivity contribution in [3.63, 3.8) is 0 Å². The molecule has 8 aromatic carbocycles. The highest BCUT2D eigenvalue weighted by molar-refractivity contribution is 6.33. The average molecular weight is 563 g/mol. The van der Waals surface area contributed by atoms with E-state index >= 15 is 0 Å². The Morgan fingerprint density at radius 3 is 1.77 bits per heavy atom. The zero-order valence-electron chi connectivity index (χ0n) is 24.8. The van der Waals surface area contributed by atoms with Gasteiger partial charge in [-0.1, -0.05) is 103 Å². The third-order valence-corrected chi connectivity index (χ3v) is 9.36. The summed E-state index contributed by atoms with van der Waals surface area (Å²) in [7, 11) is 0. The van der Waals surface area contributed by atoms with Crippen LogP contribution >= 0.6 is 0 Å². The highest BCUT2D eigenvalue weighted by atomic mass is 15.1. The molecule has 2 heteroatoms. The van der Waals surface area contributed by atoms with Gasteiger partial charge in [-0.05, 0) is 89.0 Å². The summed E-state index contributed by atoms with van der Waals surface area (Å²) in [6, 6.07) is 53.3. The molecule has 0 bridgehead atoms. The van der Waals surface area contributed by atoms with Crippen LogP contribution in [0.1, 0.15) is 11.1 Å². The van der Waals surface area contributed by atoms with Gasteiger partial charge >= 0.3 is 0 Å². The molecule has 208 valence electrons. The second-order valence-electron chi connectivity index (χ2n) is 11.9. The molecule has 0 atom stereocenters. The molecule has 0 saturated carbocycles. The van der Waals surface area contributed by atoms with Crippen molar-refractivity contribution in [2.45, 2.75) is 13.8 Å². The number of hydrogen-bond acceptors (Lipinski definition) is 1. The van der Waals surface area contributed by atoms with Crippen molar-refractivity contribution in [3.8, 4) is 5.69 Å². The molecule has 0 aliphatic rings. The first-order valence-corrected chi connectivity index (χ1v) is 15.3. The van der Waals surface area contributed by atoms with Crippen molar-refractivity contribution >= 4 is 71.2 Å². The number of fused-ring (bicyclic) bond motifs is 4. The lowest BCUT2D eigenvalue weighted by Gasteiger charge is -2.30. The molecular formula is C42H30N2. The number of aromatic nitrogens is 1. The van der Waals surface area contributed by atoms with Gasteiger partial charge in [-0.2, -0.15) is 0 Å². The van der Waals surface area contributed by atoms with Gasteiger partial charge in [0.05, 0.1) is 16.7 Å². The van der Waals surface area contributed by atoms with Gasteiger partial charge in [0.15, 0.2) is 0 Å². The molecule has 0 spiro atoms. The first-order chi connectivity index (χ1) is 21.7. The Bertz CT molecular complexity index is 2470. The predicted molar refractivity (Wildman–Crippen MR) is 189 cm³/mol. The Balaban J connectivity index is 1.43. The number of para-hydroxylation sites is 4. The summed E-state index contributed by atoms with van der Waals surface area (Å²) in [6.45, 7) is 4.41. The van der Waals surface area contributed by atoms with Gasteiger partial charge in [-0.15, -0.1) is 0 Å². The van der Waals surface area contributed by atoms with Crippen LogP contribution in [0, 0.1) is 13.8 Å². The van der Waals surface area contributed by atoms with Crippen molar-refractivity contribution in [2.24, 2.45) is 0 Å². The number of benzene rings is 8. The molecular weight excluding hydrogens is 532 g/mol. The fraction of sp³-hybridized carbons (Fsp3) is 0.0476. The number of rotatable bonds is 4. The molecule has 0 N–H and O–H groups in total. The van der Waals surface area contributed by atoms with Crippen LogP contribution in [0.2, 0.25) is 0 Å². The lowest BCUT2D eigenvalue weighted by Crippen LogP contribution is -2.13. The van der Waals surface area contributed by atoms with E-state index in [2.05, 4.69) is 169 Å². The molecule has 1 aromatic heterocycles. The molecule has 0 amide bonds. The maximum atomic E-state index is 2.45. The van der Waals surface area contributed by atoms with E-state index in [4.69, 9.17) is 0 Å². The minimum Gasteiger partial charge on any atom is -0.309 e. The van der Waals surface area contributed by atoms with Crippen LogP contribution in [0.15, 0.2) is 146 Å². The topological polar surface area (TPSA) is 8.17 Å². The predicted octanol–water partition coefficient (Wildman–Crippen LogP) is 11.8. The summed E-state index contributed by atoms with van der Waals surface area (Å²) in [5.74, 6) is 0. The molecule has 0 aliphatic heterocycles. The summed E-state index contributed by atoms with van der Waals surface area (Å²) in [6.07, 6.45) is 0. The normalized spacial score (nSPS) is 11.9. The zero-order valence-corrected chi connectivity index (χ0v) is 24.8. The Morgan fingerprint density at radius 2 is 1.02 bits per heavy atom. The highest BCUT2D eigenvalue weighted by Gasteiger charge is 2.22. The van der Waals surface area contributed by atoms with Crippen molar-refractivity contribution in [2.75, 3.05) is 4.90 Å².